The third-order valence-corrected chi connectivity index (χ3v) is 4.76. The van der Waals surface area contributed by atoms with Crippen LogP contribution in [0, 0.1) is 11.6 Å². The van der Waals surface area contributed by atoms with Crippen LogP contribution in [0.25, 0.3) is 0 Å². The van der Waals surface area contributed by atoms with E-state index in [0.717, 1.165) is 12.5 Å². The largest absolute Gasteiger partial charge is 0.371 e. The second-order valence-corrected chi connectivity index (χ2v) is 7.01. The number of hydrogen-bond donors (Lipinski definition) is 2. The molecule has 0 spiro atoms. The Hall–Kier alpha value is -2.75. The molecule has 0 saturated carbocycles. The summed E-state index contributed by atoms with van der Waals surface area (Å²) in [6, 6.07) is 3.73. The molecule has 2 heterocycles. The normalized spacial score (nSPS) is 18.0. The first kappa shape index (κ1) is 21.9. The molecule has 2 aromatic rings. The minimum absolute atomic E-state index is 0.0727. The van der Waals surface area contributed by atoms with Crippen molar-refractivity contribution in [2.75, 3.05) is 31.1 Å². The van der Waals surface area contributed by atoms with Gasteiger partial charge >= 0.3 is 0 Å². The fourth-order valence-electron chi connectivity index (χ4n) is 3.32. The summed E-state index contributed by atoms with van der Waals surface area (Å²) < 4.78 is 37.9. The van der Waals surface area contributed by atoms with Crippen molar-refractivity contribution in [1.82, 2.24) is 20.8 Å². The fraction of sp³-hybridized carbons (Fsp3) is 0.550. The Bertz CT molecular complexity index is 860. The van der Waals surface area contributed by atoms with Gasteiger partial charge in [-0.05, 0) is 39.3 Å². The molecule has 1 aliphatic rings. The van der Waals surface area contributed by atoms with Crippen molar-refractivity contribution in [2.45, 2.75) is 45.9 Å². The van der Waals surface area contributed by atoms with Crippen LogP contribution in [0.4, 0.5) is 14.5 Å². The van der Waals surface area contributed by atoms with E-state index in [1.165, 1.54) is 12.1 Å². The van der Waals surface area contributed by atoms with E-state index in [-0.39, 0.29) is 18.7 Å². The van der Waals surface area contributed by atoms with Gasteiger partial charge in [-0.3, -0.25) is 0 Å². The standard InChI is InChI=1S/C20H28F2N6O2/c1-4-23-20(24-11-18-26-19(27-30-18)13(3)29-5-2)25-15-8-9-28(12-15)17-7-6-14(21)10-16(17)22/h6-7,10,13,15H,4-5,8-9,11-12H2,1-3H3,(H2,23,24,25). The number of anilines is 1. The molecule has 1 aromatic heterocycles. The lowest BCUT2D eigenvalue weighted by molar-refractivity contribution is 0.0683. The van der Waals surface area contributed by atoms with Crippen LogP contribution in [0.3, 0.4) is 0 Å². The van der Waals surface area contributed by atoms with Crippen molar-refractivity contribution >= 4 is 11.6 Å². The molecule has 10 heteroatoms. The molecule has 3 rings (SSSR count). The molecule has 1 fully saturated rings. The smallest absolute Gasteiger partial charge is 0.248 e. The first-order valence-corrected chi connectivity index (χ1v) is 10.2. The fourth-order valence-corrected chi connectivity index (χ4v) is 3.32. The average molecular weight is 422 g/mol. The van der Waals surface area contributed by atoms with Gasteiger partial charge in [-0.25, -0.2) is 13.8 Å². The molecule has 8 nitrogen and oxygen atoms in total. The van der Waals surface area contributed by atoms with Gasteiger partial charge in [-0.1, -0.05) is 5.16 Å². The summed E-state index contributed by atoms with van der Waals surface area (Å²) in [5, 5.41) is 10.5. The van der Waals surface area contributed by atoms with E-state index < -0.39 is 11.6 Å². The first-order valence-electron chi connectivity index (χ1n) is 10.2. The highest BCUT2D eigenvalue weighted by Crippen LogP contribution is 2.24. The van der Waals surface area contributed by atoms with Crippen molar-refractivity contribution < 1.29 is 18.0 Å². The lowest BCUT2D eigenvalue weighted by Gasteiger charge is -2.20. The van der Waals surface area contributed by atoms with Gasteiger partial charge in [-0.2, -0.15) is 4.98 Å². The van der Waals surface area contributed by atoms with Crippen LogP contribution in [-0.2, 0) is 11.3 Å². The number of halogens is 2. The first-order chi connectivity index (χ1) is 14.5. The Kier molecular flexibility index (Phi) is 7.56. The van der Waals surface area contributed by atoms with E-state index in [0.29, 0.717) is 49.6 Å². The summed E-state index contributed by atoms with van der Waals surface area (Å²) >= 11 is 0. The Labute approximate surface area is 174 Å². The van der Waals surface area contributed by atoms with Gasteiger partial charge < -0.3 is 24.8 Å². The van der Waals surface area contributed by atoms with Crippen LogP contribution >= 0.6 is 0 Å². The zero-order chi connectivity index (χ0) is 21.5. The van der Waals surface area contributed by atoms with Crippen LogP contribution < -0.4 is 15.5 Å². The number of hydrogen-bond acceptors (Lipinski definition) is 6. The molecule has 1 saturated heterocycles. The predicted octanol–water partition coefficient (Wildman–Crippen LogP) is 2.78. The molecular formula is C20H28F2N6O2. The van der Waals surface area contributed by atoms with Gasteiger partial charge in [0.2, 0.25) is 5.89 Å². The third kappa shape index (κ3) is 5.65. The molecule has 2 N–H and O–H groups in total. The van der Waals surface area contributed by atoms with Crippen LogP contribution in [-0.4, -0.2) is 48.4 Å². The van der Waals surface area contributed by atoms with Crippen molar-refractivity contribution in [3.63, 3.8) is 0 Å². The minimum Gasteiger partial charge on any atom is -0.371 e. The zero-order valence-corrected chi connectivity index (χ0v) is 17.5. The summed E-state index contributed by atoms with van der Waals surface area (Å²) in [5.74, 6) is 0.376. The highest BCUT2D eigenvalue weighted by Gasteiger charge is 2.25. The van der Waals surface area contributed by atoms with Gasteiger partial charge in [0.1, 0.15) is 24.3 Å². The van der Waals surface area contributed by atoms with E-state index in [1.807, 2.05) is 25.7 Å². The topological polar surface area (TPSA) is 87.8 Å². The SMILES string of the molecule is CCNC(=NCc1nc(C(C)OCC)no1)NC1CCN(c2ccc(F)cc2F)C1. The number of nitrogens with zero attached hydrogens (tertiary/aromatic N) is 4. The second kappa shape index (κ2) is 10.3. The van der Waals surface area contributed by atoms with Crippen LogP contribution in [0.15, 0.2) is 27.7 Å². The van der Waals surface area contributed by atoms with Crippen molar-refractivity contribution in [1.29, 1.82) is 0 Å². The molecule has 0 amide bonds. The lowest BCUT2D eigenvalue weighted by atomic mass is 10.2. The highest BCUT2D eigenvalue weighted by atomic mass is 19.1. The van der Waals surface area contributed by atoms with Crippen molar-refractivity contribution in [2.24, 2.45) is 4.99 Å². The number of nitrogens with one attached hydrogen (secondary N) is 2. The molecule has 30 heavy (non-hydrogen) atoms. The number of aliphatic imine (C=N–C) groups is 1. The lowest BCUT2D eigenvalue weighted by Crippen LogP contribution is -2.44. The maximum Gasteiger partial charge on any atom is 0.248 e. The Balaban J connectivity index is 1.59. The Morgan fingerprint density at radius 3 is 2.97 bits per heavy atom. The maximum absolute atomic E-state index is 14.1. The summed E-state index contributed by atoms with van der Waals surface area (Å²) in [5.41, 5.74) is 0.407. The van der Waals surface area contributed by atoms with E-state index >= 15 is 0 Å². The molecule has 1 aliphatic heterocycles. The van der Waals surface area contributed by atoms with E-state index in [4.69, 9.17) is 9.26 Å². The van der Waals surface area contributed by atoms with E-state index in [1.54, 1.807) is 0 Å². The number of aromatic nitrogens is 2. The Morgan fingerprint density at radius 2 is 2.23 bits per heavy atom. The van der Waals surface area contributed by atoms with Gasteiger partial charge in [0.05, 0.1) is 5.69 Å². The summed E-state index contributed by atoms with van der Waals surface area (Å²) in [4.78, 5) is 10.7. The summed E-state index contributed by atoms with van der Waals surface area (Å²) in [6.45, 7) is 8.48. The zero-order valence-electron chi connectivity index (χ0n) is 17.5. The van der Waals surface area contributed by atoms with Gasteiger partial charge in [0.15, 0.2) is 11.8 Å². The molecule has 0 aliphatic carbocycles. The highest BCUT2D eigenvalue weighted by molar-refractivity contribution is 5.80. The number of rotatable bonds is 8. The number of benzene rings is 1. The quantitative estimate of drug-likeness (QED) is 0.500. The van der Waals surface area contributed by atoms with Gasteiger partial charge in [0, 0.05) is 38.3 Å². The van der Waals surface area contributed by atoms with Gasteiger partial charge in [-0.15, -0.1) is 0 Å². The monoisotopic (exact) mass is 422 g/mol. The summed E-state index contributed by atoms with van der Waals surface area (Å²) in [6.07, 6.45) is 0.567. The maximum atomic E-state index is 14.1. The molecule has 2 unspecified atom stereocenters. The van der Waals surface area contributed by atoms with Crippen molar-refractivity contribution in [3.05, 3.63) is 41.5 Å². The average Bonchev–Trinajstić information content (AvgIpc) is 3.36. The van der Waals surface area contributed by atoms with E-state index in [9.17, 15) is 8.78 Å². The van der Waals surface area contributed by atoms with Crippen LogP contribution in [0.1, 0.15) is 45.0 Å². The second-order valence-electron chi connectivity index (χ2n) is 7.01. The predicted molar refractivity (Wildman–Crippen MR) is 109 cm³/mol. The molecule has 0 radical (unpaired) electrons. The van der Waals surface area contributed by atoms with Crippen LogP contribution in [0.2, 0.25) is 0 Å². The number of ether oxygens (including phenoxy) is 1. The number of guanidine groups is 1. The Morgan fingerprint density at radius 1 is 1.40 bits per heavy atom. The van der Waals surface area contributed by atoms with E-state index in [2.05, 4.69) is 25.8 Å². The van der Waals surface area contributed by atoms with Gasteiger partial charge in [0.25, 0.3) is 0 Å². The molecular weight excluding hydrogens is 394 g/mol. The molecule has 0 bridgehead atoms. The van der Waals surface area contributed by atoms with Crippen LogP contribution in [0.5, 0.6) is 0 Å². The molecule has 164 valence electrons. The minimum atomic E-state index is -0.577. The molecule has 1 aromatic carbocycles. The summed E-state index contributed by atoms with van der Waals surface area (Å²) in [7, 11) is 0. The van der Waals surface area contributed by atoms with Crippen molar-refractivity contribution in [3.8, 4) is 0 Å². The molecule has 2 atom stereocenters. The third-order valence-electron chi connectivity index (χ3n) is 4.76.